The Morgan fingerprint density at radius 3 is 2.19 bits per heavy atom. The van der Waals surface area contributed by atoms with Crippen molar-refractivity contribution in [3.8, 4) is 0 Å². The van der Waals surface area contributed by atoms with Gasteiger partial charge < -0.3 is 4.74 Å². The highest BCUT2D eigenvalue weighted by Gasteiger charge is 2.24. The fourth-order valence-electron chi connectivity index (χ4n) is 2.32. The summed E-state index contributed by atoms with van der Waals surface area (Å²) in [5.74, 6) is 0.838. The van der Waals surface area contributed by atoms with Crippen molar-refractivity contribution in [3.63, 3.8) is 0 Å². The maximum atomic E-state index is 11.7. The molecule has 1 aliphatic carbocycles. The Hall–Kier alpha value is -0.530. The molecule has 2 heteroatoms. The van der Waals surface area contributed by atoms with E-state index in [1.165, 1.54) is 19.3 Å². The van der Waals surface area contributed by atoms with E-state index in [1.807, 2.05) is 0 Å². The molecular weight excluding hydrogens is 200 g/mol. The van der Waals surface area contributed by atoms with E-state index >= 15 is 0 Å². The summed E-state index contributed by atoms with van der Waals surface area (Å²) < 4.78 is 5.52. The van der Waals surface area contributed by atoms with Gasteiger partial charge in [0.15, 0.2) is 0 Å². The molecule has 0 heterocycles. The molecular formula is C14H26O2. The summed E-state index contributed by atoms with van der Waals surface area (Å²) in [6.07, 6.45) is 6.57. The van der Waals surface area contributed by atoms with E-state index in [9.17, 15) is 4.79 Å². The topological polar surface area (TPSA) is 26.3 Å². The Morgan fingerprint density at radius 2 is 1.75 bits per heavy atom. The lowest BCUT2D eigenvalue weighted by atomic mass is 9.86. The van der Waals surface area contributed by atoms with E-state index in [-0.39, 0.29) is 17.5 Å². The molecule has 2 nitrogen and oxygen atoms in total. The van der Waals surface area contributed by atoms with Crippen LogP contribution < -0.4 is 0 Å². The summed E-state index contributed by atoms with van der Waals surface area (Å²) in [7, 11) is 0. The molecule has 1 saturated carbocycles. The molecule has 1 fully saturated rings. The molecule has 0 unspecified atom stereocenters. The van der Waals surface area contributed by atoms with Gasteiger partial charge in [0, 0.05) is 0 Å². The van der Waals surface area contributed by atoms with E-state index in [2.05, 4.69) is 27.7 Å². The molecule has 0 N–H and O–H groups in total. The lowest BCUT2D eigenvalue weighted by Gasteiger charge is -2.28. The van der Waals surface area contributed by atoms with Crippen LogP contribution >= 0.6 is 0 Å². The molecule has 0 spiro atoms. The molecule has 16 heavy (non-hydrogen) atoms. The van der Waals surface area contributed by atoms with Crippen molar-refractivity contribution in [1.29, 1.82) is 0 Å². The van der Waals surface area contributed by atoms with Gasteiger partial charge in [0.25, 0.3) is 0 Å². The van der Waals surface area contributed by atoms with Crippen LogP contribution in [0.1, 0.15) is 66.2 Å². The average molecular weight is 226 g/mol. The van der Waals surface area contributed by atoms with E-state index in [0.29, 0.717) is 6.42 Å². The number of hydrogen-bond acceptors (Lipinski definition) is 2. The van der Waals surface area contributed by atoms with Crippen molar-refractivity contribution in [2.24, 2.45) is 11.3 Å². The number of rotatable bonds is 3. The van der Waals surface area contributed by atoms with Crippen LogP contribution in [0.5, 0.6) is 0 Å². The van der Waals surface area contributed by atoms with Crippen LogP contribution in [-0.2, 0) is 9.53 Å². The number of carbonyl (C=O) groups is 1. The van der Waals surface area contributed by atoms with Crippen LogP contribution in [0.4, 0.5) is 0 Å². The minimum Gasteiger partial charge on any atom is -0.462 e. The number of ether oxygens (including phenoxy) is 1. The standard InChI is InChI=1S/C14H26O2/c1-5-11-6-8-12(9-7-11)16-13(15)10-14(2,3)4/h11-12H,5-10H2,1-4H3. The Morgan fingerprint density at radius 1 is 1.19 bits per heavy atom. The molecule has 0 radical (unpaired) electrons. The number of esters is 1. The van der Waals surface area contributed by atoms with E-state index in [1.54, 1.807) is 0 Å². The van der Waals surface area contributed by atoms with E-state index in [4.69, 9.17) is 4.74 Å². The molecule has 94 valence electrons. The first-order chi connectivity index (χ1) is 7.40. The largest absolute Gasteiger partial charge is 0.462 e. The molecule has 1 rings (SSSR count). The van der Waals surface area contributed by atoms with Gasteiger partial charge in [-0.3, -0.25) is 4.79 Å². The number of carbonyl (C=O) groups excluding carboxylic acids is 1. The molecule has 0 aromatic heterocycles. The normalized spacial score (nSPS) is 26.5. The Balaban J connectivity index is 2.26. The van der Waals surface area contributed by atoms with Crippen LogP contribution in [-0.4, -0.2) is 12.1 Å². The van der Waals surface area contributed by atoms with Crippen LogP contribution in [0.3, 0.4) is 0 Å². The summed E-state index contributed by atoms with van der Waals surface area (Å²) in [6, 6.07) is 0. The third kappa shape index (κ3) is 5.00. The third-order valence-electron chi connectivity index (χ3n) is 3.34. The van der Waals surface area contributed by atoms with Gasteiger partial charge in [0.2, 0.25) is 0 Å². The lowest BCUT2D eigenvalue weighted by Crippen LogP contribution is -2.26. The van der Waals surface area contributed by atoms with Crippen molar-refractivity contribution >= 4 is 5.97 Å². The van der Waals surface area contributed by atoms with Crippen LogP contribution in [0, 0.1) is 11.3 Å². The maximum absolute atomic E-state index is 11.7. The Kier molecular flexibility index (Phi) is 4.82. The second-order valence-corrected chi connectivity index (χ2v) is 6.28. The first-order valence-electron chi connectivity index (χ1n) is 6.60. The summed E-state index contributed by atoms with van der Waals surface area (Å²) in [4.78, 5) is 11.7. The highest BCUT2D eigenvalue weighted by Crippen LogP contribution is 2.29. The molecule has 0 atom stereocenters. The third-order valence-corrected chi connectivity index (χ3v) is 3.34. The SMILES string of the molecule is CCC1CCC(OC(=O)CC(C)(C)C)CC1. The second kappa shape index (κ2) is 5.70. The van der Waals surface area contributed by atoms with Gasteiger partial charge in [-0.15, -0.1) is 0 Å². The van der Waals surface area contributed by atoms with Crippen LogP contribution in [0.25, 0.3) is 0 Å². The van der Waals surface area contributed by atoms with Crippen molar-refractivity contribution in [1.82, 2.24) is 0 Å². The fraction of sp³-hybridized carbons (Fsp3) is 0.929. The van der Waals surface area contributed by atoms with Gasteiger partial charge in [0.1, 0.15) is 6.10 Å². The zero-order chi connectivity index (χ0) is 12.2. The van der Waals surface area contributed by atoms with Gasteiger partial charge >= 0.3 is 5.97 Å². The van der Waals surface area contributed by atoms with Crippen LogP contribution in [0.2, 0.25) is 0 Å². The monoisotopic (exact) mass is 226 g/mol. The molecule has 0 saturated heterocycles. The zero-order valence-electron chi connectivity index (χ0n) is 11.2. The summed E-state index contributed by atoms with van der Waals surface area (Å²) >= 11 is 0. The highest BCUT2D eigenvalue weighted by atomic mass is 16.5. The van der Waals surface area contributed by atoms with Gasteiger partial charge in [-0.1, -0.05) is 34.1 Å². The first-order valence-corrected chi connectivity index (χ1v) is 6.60. The highest BCUT2D eigenvalue weighted by molar-refractivity contribution is 5.70. The maximum Gasteiger partial charge on any atom is 0.306 e. The van der Waals surface area contributed by atoms with Crippen molar-refractivity contribution < 1.29 is 9.53 Å². The summed E-state index contributed by atoms with van der Waals surface area (Å²) in [5.41, 5.74) is 0.0394. The zero-order valence-corrected chi connectivity index (χ0v) is 11.2. The van der Waals surface area contributed by atoms with Crippen molar-refractivity contribution in [2.75, 3.05) is 0 Å². The average Bonchev–Trinajstić information content (AvgIpc) is 2.16. The van der Waals surface area contributed by atoms with E-state index < -0.39 is 0 Å². The van der Waals surface area contributed by atoms with Gasteiger partial charge in [0.05, 0.1) is 6.42 Å². The van der Waals surface area contributed by atoms with Crippen molar-refractivity contribution in [2.45, 2.75) is 72.3 Å². The van der Waals surface area contributed by atoms with Crippen molar-refractivity contribution in [3.05, 3.63) is 0 Å². The predicted octanol–water partition coefficient (Wildman–Crippen LogP) is 3.93. The predicted molar refractivity (Wildman–Crippen MR) is 66.2 cm³/mol. The van der Waals surface area contributed by atoms with Gasteiger partial charge in [-0.2, -0.15) is 0 Å². The van der Waals surface area contributed by atoms with E-state index in [0.717, 1.165) is 18.8 Å². The summed E-state index contributed by atoms with van der Waals surface area (Å²) in [6.45, 7) is 8.46. The minimum atomic E-state index is -0.0209. The molecule has 0 aromatic rings. The smallest absolute Gasteiger partial charge is 0.306 e. The van der Waals surface area contributed by atoms with Gasteiger partial charge in [-0.25, -0.2) is 0 Å². The quantitative estimate of drug-likeness (QED) is 0.681. The van der Waals surface area contributed by atoms with Gasteiger partial charge in [-0.05, 0) is 37.0 Å². The molecule has 0 amide bonds. The fourth-order valence-corrected chi connectivity index (χ4v) is 2.32. The molecule has 0 aliphatic heterocycles. The first kappa shape index (κ1) is 13.5. The Bertz CT molecular complexity index is 219. The lowest BCUT2D eigenvalue weighted by molar-refractivity contribution is -0.153. The Labute approximate surface area is 99.8 Å². The minimum absolute atomic E-state index is 0.0209. The molecule has 0 bridgehead atoms. The molecule has 1 aliphatic rings. The number of hydrogen-bond donors (Lipinski definition) is 0. The summed E-state index contributed by atoms with van der Waals surface area (Å²) in [5, 5.41) is 0. The second-order valence-electron chi connectivity index (χ2n) is 6.28. The van der Waals surface area contributed by atoms with Crippen LogP contribution in [0.15, 0.2) is 0 Å². The molecule has 0 aromatic carbocycles.